The molecule has 26 heavy (non-hydrogen) atoms. The van der Waals surface area contributed by atoms with E-state index in [-0.39, 0.29) is 3.18 Å². The van der Waals surface area contributed by atoms with Crippen LogP contribution in [0.2, 0.25) is 0 Å². The highest BCUT2D eigenvalue weighted by Crippen LogP contribution is 2.45. The maximum Gasteiger partial charge on any atom is 0.369 e. The molecule has 0 aliphatic heterocycles. The first kappa shape index (κ1) is 23.6. The van der Waals surface area contributed by atoms with Crippen LogP contribution in [-0.2, 0) is 4.57 Å². The fourth-order valence-corrected chi connectivity index (χ4v) is 3.77. The standard InChI is InChI=1S/C15H15BrN3O2P.BBr3/c1-17-11-8-9-14(15(10-11)21-2)19-22(3,20)18-13-7-5-4-6-12(13)16;2-1(3)4/h4-10H,2-3H3,(H2,18,19,20);. The molecular formula is C15H15BBr4N3O2P. The van der Waals surface area contributed by atoms with Crippen LogP contribution in [0, 0.1) is 6.57 Å². The quantitative estimate of drug-likeness (QED) is 0.204. The van der Waals surface area contributed by atoms with Crippen LogP contribution < -0.4 is 14.9 Å². The summed E-state index contributed by atoms with van der Waals surface area (Å²) in [6.07, 6.45) is 0. The summed E-state index contributed by atoms with van der Waals surface area (Å²) in [5.41, 5.74) is 1.77. The van der Waals surface area contributed by atoms with Gasteiger partial charge in [0.05, 0.1) is 25.1 Å². The van der Waals surface area contributed by atoms with E-state index in [0.29, 0.717) is 17.1 Å². The van der Waals surface area contributed by atoms with E-state index in [1.165, 1.54) is 7.11 Å². The molecule has 0 saturated carbocycles. The zero-order valence-corrected chi connectivity index (χ0v) is 21.1. The smallest absolute Gasteiger partial charge is 0.369 e. The minimum atomic E-state index is -2.91. The van der Waals surface area contributed by atoms with E-state index in [1.807, 2.05) is 24.3 Å². The first-order valence-electron chi connectivity index (χ1n) is 7.05. The highest BCUT2D eigenvalue weighted by Gasteiger charge is 2.18. The SMILES string of the molecule is BrB(Br)Br.[C-]#[N+]c1ccc(NP(C)(=O)Nc2ccccc2Br)c(OC)c1. The van der Waals surface area contributed by atoms with Crippen LogP contribution >= 0.6 is 70.6 Å². The maximum atomic E-state index is 12.8. The van der Waals surface area contributed by atoms with Gasteiger partial charge in [-0.05, 0) is 40.2 Å². The zero-order valence-electron chi connectivity index (χ0n) is 13.8. The molecule has 0 spiro atoms. The predicted octanol–water partition coefficient (Wildman–Crippen LogP) is 7.51. The van der Waals surface area contributed by atoms with Gasteiger partial charge in [-0.1, -0.05) is 18.2 Å². The first-order valence-corrected chi connectivity index (χ1v) is 12.7. The average Bonchev–Trinajstić information content (AvgIpc) is 2.56. The third-order valence-electron chi connectivity index (χ3n) is 2.86. The van der Waals surface area contributed by atoms with E-state index in [2.05, 4.69) is 78.2 Å². The molecule has 0 bridgehead atoms. The van der Waals surface area contributed by atoms with Crippen LogP contribution in [0.25, 0.3) is 4.85 Å². The monoisotopic (exact) mass is 627 g/mol. The van der Waals surface area contributed by atoms with Crippen molar-refractivity contribution >= 4 is 90.9 Å². The highest BCUT2D eigenvalue weighted by molar-refractivity contribution is 9.69. The van der Waals surface area contributed by atoms with Gasteiger partial charge in [-0.25, -0.2) is 4.85 Å². The molecule has 0 fully saturated rings. The van der Waals surface area contributed by atoms with Crippen molar-refractivity contribution in [3.8, 4) is 5.75 Å². The van der Waals surface area contributed by atoms with E-state index in [0.717, 1.165) is 10.2 Å². The summed E-state index contributed by atoms with van der Waals surface area (Å²) in [5, 5.41) is 5.96. The second kappa shape index (κ2) is 11.4. The molecule has 138 valence electrons. The minimum Gasteiger partial charge on any atom is -0.496 e. The molecule has 0 aliphatic rings. The second-order valence-electron chi connectivity index (χ2n) is 4.87. The lowest BCUT2D eigenvalue weighted by atomic mass is 10.2. The van der Waals surface area contributed by atoms with Gasteiger partial charge in [-0.3, -0.25) is 4.57 Å². The van der Waals surface area contributed by atoms with E-state index >= 15 is 0 Å². The maximum absolute atomic E-state index is 12.8. The van der Waals surface area contributed by atoms with Gasteiger partial charge in [-0.15, -0.1) is 47.3 Å². The first-order chi connectivity index (χ1) is 12.2. The number of methoxy groups -OCH3 is 1. The van der Waals surface area contributed by atoms with Gasteiger partial charge < -0.3 is 14.9 Å². The van der Waals surface area contributed by atoms with Crippen molar-refractivity contribution in [3.05, 3.63) is 58.4 Å². The molecular weight excluding hydrogens is 616 g/mol. The number of hydrogen-bond donors (Lipinski definition) is 2. The molecule has 0 aliphatic carbocycles. The summed E-state index contributed by atoms with van der Waals surface area (Å²) in [6, 6.07) is 12.4. The van der Waals surface area contributed by atoms with E-state index in [4.69, 9.17) is 11.3 Å². The largest absolute Gasteiger partial charge is 0.496 e. The van der Waals surface area contributed by atoms with Gasteiger partial charge in [0.25, 0.3) is 7.44 Å². The average molecular weight is 631 g/mol. The summed E-state index contributed by atoms with van der Waals surface area (Å²) in [7, 11) is -1.40. The third kappa shape index (κ3) is 8.49. The van der Waals surface area contributed by atoms with Gasteiger partial charge in [-0.2, -0.15) is 0 Å². The summed E-state index contributed by atoms with van der Waals surface area (Å²) < 4.78 is 19.1. The fourth-order valence-electron chi connectivity index (χ4n) is 1.88. The number of halogens is 4. The molecule has 0 radical (unpaired) electrons. The number of nitrogens with zero attached hydrogens (tertiary/aromatic N) is 1. The van der Waals surface area contributed by atoms with Crippen molar-refractivity contribution in [3.63, 3.8) is 0 Å². The van der Waals surface area contributed by atoms with Gasteiger partial charge in [0.15, 0.2) is 5.69 Å². The lowest BCUT2D eigenvalue weighted by Crippen LogP contribution is -2.06. The molecule has 0 saturated heterocycles. The van der Waals surface area contributed by atoms with Gasteiger partial charge in [0, 0.05) is 11.1 Å². The molecule has 2 N–H and O–H groups in total. The zero-order chi connectivity index (χ0) is 19.7. The fraction of sp³-hybridized carbons (Fsp3) is 0.133. The number of rotatable bonds is 5. The number of nitrogens with one attached hydrogen (secondary N) is 2. The van der Waals surface area contributed by atoms with Crippen LogP contribution in [0.4, 0.5) is 17.1 Å². The Morgan fingerprint density at radius 3 is 2.23 bits per heavy atom. The van der Waals surface area contributed by atoms with Crippen LogP contribution in [0.5, 0.6) is 5.75 Å². The molecule has 0 amide bonds. The summed E-state index contributed by atoms with van der Waals surface area (Å²) in [6.45, 7) is 8.61. The minimum absolute atomic E-state index is 0.271. The number of ether oxygens (including phenoxy) is 1. The molecule has 1 atom stereocenters. The highest BCUT2D eigenvalue weighted by atomic mass is 79.9. The Morgan fingerprint density at radius 2 is 1.69 bits per heavy atom. The van der Waals surface area contributed by atoms with Gasteiger partial charge >= 0.3 is 3.18 Å². The third-order valence-corrected chi connectivity index (χ3v) is 4.88. The molecule has 2 aromatic carbocycles. The Hall–Kier alpha value is -0.455. The molecule has 0 aromatic heterocycles. The van der Waals surface area contributed by atoms with Crippen molar-refractivity contribution in [1.29, 1.82) is 0 Å². The molecule has 5 nitrogen and oxygen atoms in total. The van der Waals surface area contributed by atoms with E-state index in [1.54, 1.807) is 24.9 Å². The van der Waals surface area contributed by atoms with Crippen LogP contribution in [0.3, 0.4) is 0 Å². The molecule has 0 heterocycles. The summed E-state index contributed by atoms with van der Waals surface area (Å²) >= 11 is 12.7. The lowest BCUT2D eigenvalue weighted by Gasteiger charge is -2.21. The summed E-state index contributed by atoms with van der Waals surface area (Å²) in [4.78, 5) is 3.35. The molecule has 11 heteroatoms. The van der Waals surface area contributed by atoms with Crippen molar-refractivity contribution in [2.24, 2.45) is 0 Å². The van der Waals surface area contributed by atoms with Gasteiger partial charge in [0.1, 0.15) is 5.75 Å². The van der Waals surface area contributed by atoms with E-state index < -0.39 is 7.44 Å². The van der Waals surface area contributed by atoms with Crippen molar-refractivity contribution < 1.29 is 9.30 Å². The number of benzene rings is 2. The van der Waals surface area contributed by atoms with Gasteiger partial charge in [0.2, 0.25) is 0 Å². The Balaban J connectivity index is 0.000000765. The van der Waals surface area contributed by atoms with Crippen LogP contribution in [-0.4, -0.2) is 17.0 Å². The lowest BCUT2D eigenvalue weighted by molar-refractivity contribution is 0.417. The molecule has 2 aromatic rings. The number of para-hydroxylation sites is 1. The Kier molecular flexibility index (Phi) is 10.3. The topological polar surface area (TPSA) is 54.7 Å². The normalized spacial score (nSPS) is 11.9. The van der Waals surface area contributed by atoms with E-state index in [9.17, 15) is 4.57 Å². The van der Waals surface area contributed by atoms with Crippen molar-refractivity contribution in [2.45, 2.75) is 0 Å². The van der Waals surface area contributed by atoms with Crippen LogP contribution in [0.1, 0.15) is 0 Å². The summed E-state index contributed by atoms with van der Waals surface area (Å²) in [5.74, 6) is 0.476. The van der Waals surface area contributed by atoms with Crippen LogP contribution in [0.15, 0.2) is 46.9 Å². The van der Waals surface area contributed by atoms with Crippen molar-refractivity contribution in [1.82, 2.24) is 0 Å². The Bertz CT molecular complexity index is 830. The Labute approximate surface area is 187 Å². The molecule has 1 unspecified atom stereocenters. The number of anilines is 2. The number of hydrogen-bond acceptors (Lipinski definition) is 2. The predicted molar refractivity (Wildman–Crippen MR) is 127 cm³/mol. The molecule has 2 rings (SSSR count). The Morgan fingerprint density at radius 1 is 1.12 bits per heavy atom. The second-order valence-corrected chi connectivity index (χ2v) is 14.5. The van der Waals surface area contributed by atoms with Crippen molar-refractivity contribution in [2.75, 3.05) is 23.9 Å².